The molecule has 5 heteroatoms. The fourth-order valence-corrected chi connectivity index (χ4v) is 1.98. The third kappa shape index (κ3) is 16.9. The highest BCUT2D eigenvalue weighted by Crippen LogP contribution is 2.10. The zero-order chi connectivity index (χ0) is 15.1. The zero-order valence-corrected chi connectivity index (χ0v) is 12.3. The lowest BCUT2D eigenvalue weighted by molar-refractivity contribution is -0.138. The normalized spacial score (nSPS) is 10.6. The maximum absolute atomic E-state index is 10.3. The average molecular weight is 288 g/mol. The zero-order valence-electron chi connectivity index (χ0n) is 12.3. The first-order valence-corrected chi connectivity index (χ1v) is 7.64. The number of carboxylic acids is 2. The SMILES string of the molecule is O=C(O)CCCCCCCCCCCOCCC(=O)O. The summed E-state index contributed by atoms with van der Waals surface area (Å²) in [6.45, 7) is 0.966. The van der Waals surface area contributed by atoms with E-state index in [2.05, 4.69) is 0 Å². The minimum Gasteiger partial charge on any atom is -0.481 e. The van der Waals surface area contributed by atoms with Crippen molar-refractivity contribution in [2.45, 2.75) is 70.6 Å². The third-order valence-electron chi connectivity index (χ3n) is 3.14. The quantitative estimate of drug-likeness (QED) is 0.451. The van der Waals surface area contributed by atoms with Gasteiger partial charge in [-0.25, -0.2) is 0 Å². The Hall–Kier alpha value is -1.10. The van der Waals surface area contributed by atoms with Gasteiger partial charge in [-0.1, -0.05) is 44.9 Å². The number of ether oxygens (including phenoxy) is 1. The molecule has 118 valence electrons. The summed E-state index contributed by atoms with van der Waals surface area (Å²) < 4.78 is 5.21. The Balaban J connectivity index is 2.99. The lowest BCUT2D eigenvalue weighted by Gasteiger charge is -2.03. The van der Waals surface area contributed by atoms with Gasteiger partial charge in [-0.2, -0.15) is 0 Å². The van der Waals surface area contributed by atoms with Crippen LogP contribution in [0.2, 0.25) is 0 Å². The Morgan fingerprint density at radius 3 is 1.55 bits per heavy atom. The predicted molar refractivity (Wildman–Crippen MR) is 76.9 cm³/mol. The molecule has 0 rings (SSSR count). The highest BCUT2D eigenvalue weighted by molar-refractivity contribution is 5.66. The number of carbonyl (C=O) groups is 2. The summed E-state index contributed by atoms with van der Waals surface area (Å²) in [4.78, 5) is 20.5. The van der Waals surface area contributed by atoms with Crippen molar-refractivity contribution in [3.8, 4) is 0 Å². The molecule has 2 N–H and O–H groups in total. The number of rotatable bonds is 15. The molecule has 0 saturated heterocycles. The lowest BCUT2D eigenvalue weighted by Crippen LogP contribution is -2.03. The van der Waals surface area contributed by atoms with Crippen LogP contribution < -0.4 is 0 Å². The van der Waals surface area contributed by atoms with Gasteiger partial charge in [-0.3, -0.25) is 9.59 Å². The molecular formula is C15H28O5. The van der Waals surface area contributed by atoms with Gasteiger partial charge in [0.05, 0.1) is 13.0 Å². The van der Waals surface area contributed by atoms with E-state index in [1.54, 1.807) is 0 Å². The van der Waals surface area contributed by atoms with E-state index in [9.17, 15) is 9.59 Å². The van der Waals surface area contributed by atoms with Crippen LogP contribution in [0.4, 0.5) is 0 Å². The van der Waals surface area contributed by atoms with Gasteiger partial charge in [0.1, 0.15) is 0 Å². The highest BCUT2D eigenvalue weighted by Gasteiger charge is 1.98. The number of aliphatic carboxylic acids is 2. The second-order valence-electron chi connectivity index (χ2n) is 5.08. The standard InChI is InChI=1S/C15H28O5/c16-14(17)10-8-6-4-2-1-3-5-7-9-12-20-13-11-15(18)19/h1-13H2,(H,16,17)(H,18,19). The summed E-state index contributed by atoms with van der Waals surface area (Å²) in [5.74, 6) is -1.51. The van der Waals surface area contributed by atoms with Gasteiger partial charge in [-0.15, -0.1) is 0 Å². The van der Waals surface area contributed by atoms with E-state index < -0.39 is 11.9 Å². The van der Waals surface area contributed by atoms with Crippen LogP contribution in [0, 0.1) is 0 Å². The van der Waals surface area contributed by atoms with Crippen molar-refractivity contribution in [2.24, 2.45) is 0 Å². The molecule has 0 saturated carbocycles. The molecule has 0 bridgehead atoms. The molecular weight excluding hydrogens is 260 g/mol. The molecule has 0 radical (unpaired) electrons. The molecule has 0 aromatic rings. The Labute approximate surface area is 121 Å². The fraction of sp³-hybridized carbons (Fsp3) is 0.867. The first-order chi connectivity index (χ1) is 9.63. The van der Waals surface area contributed by atoms with E-state index in [0.29, 0.717) is 19.6 Å². The van der Waals surface area contributed by atoms with Crippen LogP contribution in [-0.4, -0.2) is 35.4 Å². The topological polar surface area (TPSA) is 83.8 Å². The Kier molecular flexibility index (Phi) is 13.5. The fourth-order valence-electron chi connectivity index (χ4n) is 1.98. The van der Waals surface area contributed by atoms with Gasteiger partial charge in [0.2, 0.25) is 0 Å². The van der Waals surface area contributed by atoms with Gasteiger partial charge in [-0.05, 0) is 12.8 Å². The van der Waals surface area contributed by atoms with Crippen molar-refractivity contribution in [3.05, 3.63) is 0 Å². The summed E-state index contributed by atoms with van der Waals surface area (Å²) in [5, 5.41) is 16.9. The molecule has 5 nitrogen and oxygen atoms in total. The summed E-state index contributed by atoms with van der Waals surface area (Å²) in [6, 6.07) is 0. The lowest BCUT2D eigenvalue weighted by atomic mass is 10.1. The summed E-state index contributed by atoms with van der Waals surface area (Å²) in [5.41, 5.74) is 0. The number of unbranched alkanes of at least 4 members (excludes halogenated alkanes) is 8. The molecule has 0 heterocycles. The Morgan fingerprint density at radius 1 is 0.600 bits per heavy atom. The van der Waals surface area contributed by atoms with Crippen LogP contribution in [0.1, 0.15) is 70.6 Å². The maximum atomic E-state index is 10.3. The third-order valence-corrected chi connectivity index (χ3v) is 3.14. The monoisotopic (exact) mass is 288 g/mol. The van der Waals surface area contributed by atoms with Crippen molar-refractivity contribution in [3.63, 3.8) is 0 Å². The molecule has 20 heavy (non-hydrogen) atoms. The van der Waals surface area contributed by atoms with Crippen molar-refractivity contribution in [1.82, 2.24) is 0 Å². The molecule has 0 aromatic heterocycles. The van der Waals surface area contributed by atoms with Crippen LogP contribution in [0.25, 0.3) is 0 Å². The van der Waals surface area contributed by atoms with Gasteiger partial charge >= 0.3 is 11.9 Å². The largest absolute Gasteiger partial charge is 0.481 e. The minimum atomic E-state index is -0.812. The van der Waals surface area contributed by atoms with Gasteiger partial charge in [0, 0.05) is 13.0 Å². The van der Waals surface area contributed by atoms with Crippen molar-refractivity contribution in [1.29, 1.82) is 0 Å². The summed E-state index contributed by atoms with van der Waals surface area (Å²) in [6.07, 6.45) is 10.3. The van der Waals surface area contributed by atoms with Crippen LogP contribution in [0.5, 0.6) is 0 Å². The number of carboxylic acid groups (broad SMARTS) is 2. The molecule has 0 unspecified atom stereocenters. The number of hydrogen-bond donors (Lipinski definition) is 2. The van der Waals surface area contributed by atoms with E-state index in [1.807, 2.05) is 0 Å². The van der Waals surface area contributed by atoms with Crippen LogP contribution >= 0.6 is 0 Å². The first-order valence-electron chi connectivity index (χ1n) is 7.64. The van der Waals surface area contributed by atoms with Crippen molar-refractivity contribution >= 4 is 11.9 Å². The smallest absolute Gasteiger partial charge is 0.305 e. The van der Waals surface area contributed by atoms with Crippen LogP contribution in [0.3, 0.4) is 0 Å². The van der Waals surface area contributed by atoms with E-state index in [1.165, 1.54) is 25.7 Å². The Bertz CT molecular complexity index is 227. The average Bonchev–Trinajstić information content (AvgIpc) is 2.38. The van der Waals surface area contributed by atoms with Gasteiger partial charge in [0.25, 0.3) is 0 Å². The molecule has 0 aliphatic carbocycles. The van der Waals surface area contributed by atoms with Crippen molar-refractivity contribution < 1.29 is 24.5 Å². The van der Waals surface area contributed by atoms with Gasteiger partial charge < -0.3 is 14.9 Å². The summed E-state index contributed by atoms with van der Waals surface area (Å²) >= 11 is 0. The van der Waals surface area contributed by atoms with E-state index >= 15 is 0 Å². The van der Waals surface area contributed by atoms with Crippen LogP contribution in [0.15, 0.2) is 0 Å². The maximum Gasteiger partial charge on any atom is 0.305 e. The van der Waals surface area contributed by atoms with Crippen molar-refractivity contribution in [2.75, 3.05) is 13.2 Å². The van der Waals surface area contributed by atoms with E-state index in [4.69, 9.17) is 14.9 Å². The molecule has 0 aliphatic rings. The molecule has 0 atom stereocenters. The summed E-state index contributed by atoms with van der Waals surface area (Å²) in [7, 11) is 0. The predicted octanol–water partition coefficient (Wildman–Crippen LogP) is 3.46. The molecule has 0 spiro atoms. The molecule has 0 aromatic carbocycles. The number of hydrogen-bond acceptors (Lipinski definition) is 3. The second-order valence-corrected chi connectivity index (χ2v) is 5.08. The van der Waals surface area contributed by atoms with Crippen LogP contribution in [-0.2, 0) is 14.3 Å². The van der Waals surface area contributed by atoms with E-state index in [0.717, 1.165) is 32.1 Å². The van der Waals surface area contributed by atoms with E-state index in [-0.39, 0.29) is 6.42 Å². The first kappa shape index (κ1) is 18.9. The van der Waals surface area contributed by atoms with Gasteiger partial charge in [0.15, 0.2) is 0 Å². The molecule has 0 amide bonds. The minimum absolute atomic E-state index is 0.0852. The second kappa shape index (κ2) is 14.3. The molecule has 0 fully saturated rings. The Morgan fingerprint density at radius 2 is 1.05 bits per heavy atom. The highest BCUT2D eigenvalue weighted by atomic mass is 16.5. The molecule has 0 aliphatic heterocycles.